The van der Waals surface area contributed by atoms with Crippen LogP contribution in [0.1, 0.15) is 36.0 Å². The highest BCUT2D eigenvalue weighted by molar-refractivity contribution is 8.00. The molecule has 1 aliphatic heterocycles. The van der Waals surface area contributed by atoms with Crippen molar-refractivity contribution in [2.75, 3.05) is 12.3 Å². The Kier molecular flexibility index (Phi) is 4.47. The van der Waals surface area contributed by atoms with Crippen molar-refractivity contribution < 1.29 is 13.2 Å². The maximum Gasteiger partial charge on any atom is 0.254 e. The Labute approximate surface area is 135 Å². The average molecular weight is 340 g/mol. The van der Waals surface area contributed by atoms with Crippen molar-refractivity contribution >= 4 is 27.7 Å². The summed E-state index contributed by atoms with van der Waals surface area (Å²) in [4.78, 5) is 14.8. The number of hydrogen-bond donors (Lipinski definition) is 1. The first-order chi connectivity index (χ1) is 10.5. The van der Waals surface area contributed by atoms with Crippen LogP contribution in [0, 0.1) is 0 Å². The molecule has 1 heterocycles. The predicted octanol–water partition coefficient (Wildman–Crippen LogP) is 1.83. The van der Waals surface area contributed by atoms with Crippen LogP contribution in [0.3, 0.4) is 0 Å². The lowest BCUT2D eigenvalue weighted by molar-refractivity contribution is 0.0646. The number of rotatable bonds is 2. The van der Waals surface area contributed by atoms with Crippen LogP contribution in [0.15, 0.2) is 29.2 Å². The molecular weight excluding hydrogens is 320 g/mol. The molecule has 0 unspecified atom stereocenters. The molecule has 1 saturated carbocycles. The zero-order chi connectivity index (χ0) is 15.7. The van der Waals surface area contributed by atoms with Gasteiger partial charge in [0.25, 0.3) is 5.91 Å². The normalized spacial score (nSPS) is 25.6. The molecule has 1 saturated heterocycles. The number of primary sulfonamides is 1. The predicted molar refractivity (Wildman–Crippen MR) is 87.4 cm³/mol. The van der Waals surface area contributed by atoms with Crippen molar-refractivity contribution in [3.63, 3.8) is 0 Å². The van der Waals surface area contributed by atoms with Crippen LogP contribution in [0.5, 0.6) is 0 Å². The smallest absolute Gasteiger partial charge is 0.254 e. The van der Waals surface area contributed by atoms with Gasteiger partial charge in [0.1, 0.15) is 0 Å². The summed E-state index contributed by atoms with van der Waals surface area (Å²) in [5.41, 5.74) is 0.531. The van der Waals surface area contributed by atoms with Crippen molar-refractivity contribution in [3.8, 4) is 0 Å². The van der Waals surface area contributed by atoms with Gasteiger partial charge in [0.2, 0.25) is 10.0 Å². The molecular formula is C15H20N2O3S2. The molecule has 5 nitrogen and oxygen atoms in total. The molecule has 22 heavy (non-hydrogen) atoms. The van der Waals surface area contributed by atoms with Crippen LogP contribution in [0.2, 0.25) is 0 Å². The number of sulfonamides is 1. The fraction of sp³-hybridized carbons (Fsp3) is 0.533. The third-order valence-corrected chi connectivity index (χ3v) is 6.75. The van der Waals surface area contributed by atoms with E-state index in [9.17, 15) is 13.2 Å². The van der Waals surface area contributed by atoms with Gasteiger partial charge in [-0.25, -0.2) is 13.6 Å². The number of carbonyl (C=O) groups is 1. The van der Waals surface area contributed by atoms with E-state index < -0.39 is 10.0 Å². The SMILES string of the molecule is NS(=O)(=O)c1ccc(C(=O)N2CCS[C@@H]3CCCC[C@@H]32)cc1. The van der Waals surface area contributed by atoms with Gasteiger partial charge in [-0.15, -0.1) is 0 Å². The van der Waals surface area contributed by atoms with E-state index in [1.807, 2.05) is 16.7 Å². The minimum absolute atomic E-state index is 0.00170. The topological polar surface area (TPSA) is 80.5 Å². The molecule has 1 aromatic carbocycles. The number of hydrogen-bond acceptors (Lipinski definition) is 4. The van der Waals surface area contributed by atoms with Gasteiger partial charge < -0.3 is 4.90 Å². The highest BCUT2D eigenvalue weighted by atomic mass is 32.2. The van der Waals surface area contributed by atoms with E-state index in [1.54, 1.807) is 12.1 Å². The summed E-state index contributed by atoms with van der Waals surface area (Å²) in [6.45, 7) is 0.765. The third kappa shape index (κ3) is 3.16. The first-order valence-electron chi connectivity index (χ1n) is 7.52. The van der Waals surface area contributed by atoms with Crippen LogP contribution in [0.4, 0.5) is 0 Å². The number of carbonyl (C=O) groups excluding carboxylic acids is 1. The Morgan fingerprint density at radius 3 is 2.55 bits per heavy atom. The van der Waals surface area contributed by atoms with Gasteiger partial charge in [-0.2, -0.15) is 11.8 Å². The number of benzene rings is 1. The zero-order valence-corrected chi connectivity index (χ0v) is 13.9. The fourth-order valence-corrected chi connectivity index (χ4v) is 5.26. The number of amides is 1. The summed E-state index contributed by atoms with van der Waals surface area (Å²) >= 11 is 1.98. The zero-order valence-electron chi connectivity index (χ0n) is 12.3. The molecule has 3 rings (SSSR count). The van der Waals surface area contributed by atoms with E-state index in [0.29, 0.717) is 16.9 Å². The first-order valence-corrected chi connectivity index (χ1v) is 10.1. The summed E-state index contributed by atoms with van der Waals surface area (Å²) in [7, 11) is -3.72. The summed E-state index contributed by atoms with van der Waals surface area (Å²) in [6.07, 6.45) is 4.68. The first kappa shape index (κ1) is 15.8. The number of nitrogens with two attached hydrogens (primary N) is 1. The molecule has 0 radical (unpaired) electrons. The molecule has 0 spiro atoms. The lowest BCUT2D eigenvalue weighted by Gasteiger charge is -2.43. The molecule has 120 valence electrons. The van der Waals surface area contributed by atoms with Crippen LogP contribution >= 0.6 is 11.8 Å². The molecule has 0 bridgehead atoms. The number of nitrogens with zero attached hydrogens (tertiary/aromatic N) is 1. The second-order valence-corrected chi connectivity index (χ2v) is 8.74. The maximum atomic E-state index is 12.8. The van der Waals surface area contributed by atoms with E-state index >= 15 is 0 Å². The molecule has 2 fully saturated rings. The Balaban J connectivity index is 1.80. The second-order valence-electron chi connectivity index (χ2n) is 5.83. The standard InChI is InChI=1S/C15H20N2O3S2/c16-22(19,20)12-7-5-11(6-8-12)15(18)17-9-10-21-14-4-2-1-3-13(14)17/h5-8,13-14H,1-4,9-10H2,(H2,16,19,20)/t13-,14+/m0/s1. The molecule has 2 aliphatic rings. The summed E-state index contributed by atoms with van der Waals surface area (Å²) < 4.78 is 22.6. The van der Waals surface area contributed by atoms with E-state index in [2.05, 4.69) is 0 Å². The van der Waals surface area contributed by atoms with Gasteiger partial charge in [-0.05, 0) is 37.1 Å². The van der Waals surface area contributed by atoms with Gasteiger partial charge in [-0.1, -0.05) is 12.8 Å². The van der Waals surface area contributed by atoms with Gasteiger partial charge in [0, 0.05) is 29.2 Å². The summed E-state index contributed by atoms with van der Waals surface area (Å²) in [5, 5.41) is 5.64. The van der Waals surface area contributed by atoms with Crippen LogP contribution in [-0.2, 0) is 10.0 Å². The van der Waals surface area contributed by atoms with E-state index in [0.717, 1.165) is 18.7 Å². The van der Waals surface area contributed by atoms with Gasteiger partial charge in [-0.3, -0.25) is 4.79 Å². The largest absolute Gasteiger partial charge is 0.334 e. The Morgan fingerprint density at radius 1 is 1.18 bits per heavy atom. The van der Waals surface area contributed by atoms with E-state index in [1.165, 1.54) is 31.4 Å². The van der Waals surface area contributed by atoms with Crippen LogP contribution < -0.4 is 5.14 Å². The minimum Gasteiger partial charge on any atom is -0.334 e. The highest BCUT2D eigenvalue weighted by Gasteiger charge is 2.36. The highest BCUT2D eigenvalue weighted by Crippen LogP contribution is 2.36. The lowest BCUT2D eigenvalue weighted by atomic mass is 9.93. The molecule has 1 aliphatic carbocycles. The lowest BCUT2D eigenvalue weighted by Crippen LogP contribution is -2.51. The fourth-order valence-electron chi connectivity index (χ4n) is 3.30. The Bertz CT molecular complexity index is 656. The van der Waals surface area contributed by atoms with E-state index in [4.69, 9.17) is 5.14 Å². The minimum atomic E-state index is -3.72. The molecule has 2 N–H and O–H groups in total. The van der Waals surface area contributed by atoms with Crippen molar-refractivity contribution in [2.24, 2.45) is 5.14 Å². The van der Waals surface area contributed by atoms with Crippen molar-refractivity contribution in [1.82, 2.24) is 4.90 Å². The van der Waals surface area contributed by atoms with E-state index in [-0.39, 0.29) is 10.8 Å². The second kappa shape index (κ2) is 6.22. The molecule has 1 aromatic rings. The molecule has 7 heteroatoms. The Hall–Kier alpha value is -1.05. The molecule has 1 amide bonds. The molecule has 0 aromatic heterocycles. The monoisotopic (exact) mass is 340 g/mol. The number of thioether (sulfide) groups is 1. The third-order valence-electron chi connectivity index (χ3n) is 4.42. The Morgan fingerprint density at radius 2 is 1.86 bits per heavy atom. The summed E-state index contributed by atoms with van der Waals surface area (Å²) in [6, 6.07) is 6.24. The van der Waals surface area contributed by atoms with Crippen molar-refractivity contribution in [3.05, 3.63) is 29.8 Å². The maximum absolute atomic E-state index is 12.8. The number of fused-ring (bicyclic) bond motifs is 1. The van der Waals surface area contributed by atoms with Crippen molar-refractivity contribution in [1.29, 1.82) is 0 Å². The average Bonchev–Trinajstić information content (AvgIpc) is 2.53. The van der Waals surface area contributed by atoms with Crippen LogP contribution in [-0.4, -0.2) is 42.8 Å². The van der Waals surface area contributed by atoms with Crippen LogP contribution in [0.25, 0.3) is 0 Å². The van der Waals surface area contributed by atoms with Gasteiger partial charge >= 0.3 is 0 Å². The summed E-state index contributed by atoms with van der Waals surface area (Å²) in [5.74, 6) is 0.973. The van der Waals surface area contributed by atoms with Gasteiger partial charge in [0.15, 0.2) is 0 Å². The van der Waals surface area contributed by atoms with Gasteiger partial charge in [0.05, 0.1) is 4.90 Å². The quantitative estimate of drug-likeness (QED) is 0.891. The van der Waals surface area contributed by atoms with Crippen molar-refractivity contribution in [2.45, 2.75) is 41.9 Å². The molecule has 2 atom stereocenters.